The average Bonchev–Trinajstić information content (AvgIpc) is 2.23. The van der Waals surface area contributed by atoms with E-state index in [1.54, 1.807) is 6.08 Å². The SMILES string of the molecule is CC(C)(C)OC(=O)/C=C/C=C/c1ccccc1. The van der Waals surface area contributed by atoms with Gasteiger partial charge in [-0.25, -0.2) is 4.79 Å². The van der Waals surface area contributed by atoms with Crippen molar-refractivity contribution in [1.82, 2.24) is 0 Å². The van der Waals surface area contributed by atoms with Crippen molar-refractivity contribution in [1.29, 1.82) is 0 Å². The monoisotopic (exact) mass is 230 g/mol. The van der Waals surface area contributed by atoms with Crippen LogP contribution in [0.5, 0.6) is 0 Å². The van der Waals surface area contributed by atoms with Gasteiger partial charge in [-0.2, -0.15) is 0 Å². The summed E-state index contributed by atoms with van der Waals surface area (Å²) in [5.41, 5.74) is 0.659. The van der Waals surface area contributed by atoms with Crippen molar-refractivity contribution in [3.63, 3.8) is 0 Å². The molecule has 2 heteroatoms. The number of hydrogen-bond donors (Lipinski definition) is 0. The normalized spacial score (nSPS) is 12.2. The molecule has 0 unspecified atom stereocenters. The number of carbonyl (C=O) groups is 1. The predicted molar refractivity (Wildman–Crippen MR) is 70.5 cm³/mol. The Hall–Kier alpha value is -1.83. The Balaban J connectivity index is 2.46. The lowest BCUT2D eigenvalue weighted by Crippen LogP contribution is -2.22. The van der Waals surface area contributed by atoms with E-state index in [1.807, 2.05) is 63.3 Å². The second-order valence-electron chi connectivity index (χ2n) is 4.66. The van der Waals surface area contributed by atoms with Crippen LogP contribution in [-0.4, -0.2) is 11.6 Å². The van der Waals surface area contributed by atoms with Gasteiger partial charge in [-0.3, -0.25) is 0 Å². The van der Waals surface area contributed by atoms with Crippen molar-refractivity contribution in [3.05, 3.63) is 54.1 Å². The van der Waals surface area contributed by atoms with Gasteiger partial charge in [0.2, 0.25) is 0 Å². The van der Waals surface area contributed by atoms with Crippen LogP contribution >= 0.6 is 0 Å². The number of ether oxygens (including phenoxy) is 1. The fraction of sp³-hybridized carbons (Fsp3) is 0.267. The molecule has 0 aromatic heterocycles. The number of carbonyl (C=O) groups excluding carboxylic acids is 1. The molecule has 90 valence electrons. The topological polar surface area (TPSA) is 26.3 Å². The third kappa shape index (κ3) is 6.36. The third-order valence-corrected chi connectivity index (χ3v) is 1.84. The van der Waals surface area contributed by atoms with Crippen LogP contribution in [0.2, 0.25) is 0 Å². The van der Waals surface area contributed by atoms with Crippen LogP contribution < -0.4 is 0 Å². The molecule has 1 rings (SSSR count). The van der Waals surface area contributed by atoms with E-state index in [0.29, 0.717) is 0 Å². The van der Waals surface area contributed by atoms with Crippen molar-refractivity contribution in [2.75, 3.05) is 0 Å². The summed E-state index contributed by atoms with van der Waals surface area (Å²) in [4.78, 5) is 11.3. The number of benzene rings is 1. The molecule has 0 heterocycles. The molecule has 0 spiro atoms. The summed E-state index contributed by atoms with van der Waals surface area (Å²) in [5, 5.41) is 0. The second kappa shape index (κ2) is 6.04. The quantitative estimate of drug-likeness (QED) is 0.450. The predicted octanol–water partition coefficient (Wildman–Crippen LogP) is 3.60. The summed E-state index contributed by atoms with van der Waals surface area (Å²) in [6.45, 7) is 5.54. The fourth-order valence-corrected chi connectivity index (χ4v) is 1.20. The molecule has 0 saturated heterocycles. The largest absolute Gasteiger partial charge is 0.457 e. The van der Waals surface area contributed by atoms with Gasteiger partial charge in [-0.05, 0) is 26.3 Å². The first-order valence-corrected chi connectivity index (χ1v) is 5.60. The van der Waals surface area contributed by atoms with E-state index in [0.717, 1.165) is 5.56 Å². The van der Waals surface area contributed by atoms with E-state index in [1.165, 1.54) is 6.08 Å². The number of esters is 1. The molecular weight excluding hydrogens is 212 g/mol. The maximum absolute atomic E-state index is 11.3. The van der Waals surface area contributed by atoms with Gasteiger partial charge < -0.3 is 4.74 Å². The minimum absolute atomic E-state index is 0.324. The number of rotatable bonds is 3. The second-order valence-corrected chi connectivity index (χ2v) is 4.66. The lowest BCUT2D eigenvalue weighted by molar-refractivity contribution is -0.148. The average molecular weight is 230 g/mol. The smallest absolute Gasteiger partial charge is 0.331 e. The van der Waals surface area contributed by atoms with Crippen LogP contribution in [0.1, 0.15) is 26.3 Å². The highest BCUT2D eigenvalue weighted by molar-refractivity contribution is 5.82. The Labute approximate surface area is 103 Å². The van der Waals surface area contributed by atoms with Gasteiger partial charge in [0.15, 0.2) is 0 Å². The highest BCUT2D eigenvalue weighted by Crippen LogP contribution is 2.07. The van der Waals surface area contributed by atoms with E-state index in [2.05, 4.69) is 0 Å². The van der Waals surface area contributed by atoms with Crippen molar-refractivity contribution in [3.8, 4) is 0 Å². The summed E-state index contributed by atoms with van der Waals surface area (Å²) < 4.78 is 5.13. The zero-order valence-corrected chi connectivity index (χ0v) is 10.5. The summed E-state index contributed by atoms with van der Waals surface area (Å²) in [5.74, 6) is -0.324. The van der Waals surface area contributed by atoms with Crippen LogP contribution in [0.4, 0.5) is 0 Å². The van der Waals surface area contributed by atoms with Crippen LogP contribution in [0.3, 0.4) is 0 Å². The van der Waals surface area contributed by atoms with Gasteiger partial charge >= 0.3 is 5.97 Å². The molecule has 0 aliphatic carbocycles. The Morgan fingerprint density at radius 1 is 1.12 bits per heavy atom. The van der Waals surface area contributed by atoms with Gasteiger partial charge in [0, 0.05) is 6.08 Å². The molecule has 0 aliphatic rings. The van der Waals surface area contributed by atoms with Crippen molar-refractivity contribution < 1.29 is 9.53 Å². The summed E-state index contributed by atoms with van der Waals surface area (Å²) in [7, 11) is 0. The highest BCUT2D eigenvalue weighted by atomic mass is 16.6. The lowest BCUT2D eigenvalue weighted by atomic mass is 10.2. The Morgan fingerprint density at radius 3 is 2.35 bits per heavy atom. The number of allylic oxidation sites excluding steroid dienone is 2. The molecule has 1 aromatic carbocycles. The van der Waals surface area contributed by atoms with E-state index >= 15 is 0 Å². The molecule has 1 aromatic rings. The molecule has 0 saturated carbocycles. The molecule has 0 aliphatic heterocycles. The molecule has 0 atom stereocenters. The molecular formula is C15H18O2. The van der Waals surface area contributed by atoms with Crippen LogP contribution in [0.15, 0.2) is 48.6 Å². The Bertz CT molecular complexity index is 408. The van der Waals surface area contributed by atoms with E-state index < -0.39 is 5.60 Å². The van der Waals surface area contributed by atoms with E-state index in [-0.39, 0.29) is 5.97 Å². The van der Waals surface area contributed by atoms with Gasteiger partial charge in [0.1, 0.15) is 5.60 Å². The minimum atomic E-state index is -0.440. The lowest BCUT2D eigenvalue weighted by Gasteiger charge is -2.17. The molecule has 0 N–H and O–H groups in total. The summed E-state index contributed by atoms with van der Waals surface area (Å²) in [6, 6.07) is 9.90. The maximum Gasteiger partial charge on any atom is 0.331 e. The molecule has 0 radical (unpaired) electrons. The van der Waals surface area contributed by atoms with Gasteiger partial charge in [-0.15, -0.1) is 0 Å². The van der Waals surface area contributed by atoms with Crippen LogP contribution in [0.25, 0.3) is 6.08 Å². The zero-order valence-electron chi connectivity index (χ0n) is 10.5. The fourth-order valence-electron chi connectivity index (χ4n) is 1.20. The van der Waals surface area contributed by atoms with E-state index in [9.17, 15) is 4.79 Å². The summed E-state index contributed by atoms with van der Waals surface area (Å²) in [6.07, 6.45) is 6.85. The highest BCUT2D eigenvalue weighted by Gasteiger charge is 2.13. The first kappa shape index (κ1) is 13.2. The molecule has 17 heavy (non-hydrogen) atoms. The molecule has 0 bridgehead atoms. The van der Waals surface area contributed by atoms with Crippen LogP contribution in [-0.2, 0) is 9.53 Å². The first-order chi connectivity index (χ1) is 7.97. The van der Waals surface area contributed by atoms with Crippen molar-refractivity contribution in [2.24, 2.45) is 0 Å². The van der Waals surface area contributed by atoms with Gasteiger partial charge in [0.25, 0.3) is 0 Å². The van der Waals surface area contributed by atoms with Gasteiger partial charge in [-0.1, -0.05) is 48.6 Å². The number of hydrogen-bond acceptors (Lipinski definition) is 2. The van der Waals surface area contributed by atoms with Crippen molar-refractivity contribution >= 4 is 12.0 Å². The zero-order chi connectivity index (χ0) is 12.7. The minimum Gasteiger partial charge on any atom is -0.457 e. The Kier molecular flexibility index (Phi) is 4.70. The van der Waals surface area contributed by atoms with E-state index in [4.69, 9.17) is 4.74 Å². The Morgan fingerprint density at radius 2 is 1.76 bits per heavy atom. The summed E-state index contributed by atoms with van der Waals surface area (Å²) >= 11 is 0. The van der Waals surface area contributed by atoms with Gasteiger partial charge in [0.05, 0.1) is 0 Å². The maximum atomic E-state index is 11.3. The first-order valence-electron chi connectivity index (χ1n) is 5.60. The standard InChI is InChI=1S/C15H18O2/c1-15(2,3)17-14(16)12-8-7-11-13-9-5-4-6-10-13/h4-12H,1-3H3/b11-7+,12-8+. The molecule has 0 amide bonds. The van der Waals surface area contributed by atoms with Crippen LogP contribution in [0, 0.1) is 0 Å². The molecule has 2 nitrogen and oxygen atoms in total. The third-order valence-electron chi connectivity index (χ3n) is 1.84. The van der Waals surface area contributed by atoms with Crippen molar-refractivity contribution in [2.45, 2.75) is 26.4 Å². The molecule has 0 fully saturated rings.